The smallest absolute Gasteiger partial charge is 0.119 e. The zero-order valence-corrected chi connectivity index (χ0v) is 17.4. The molecule has 0 spiro atoms. The summed E-state index contributed by atoms with van der Waals surface area (Å²) < 4.78 is 0. The third-order valence-electron chi connectivity index (χ3n) is 4.93. The molecule has 0 aliphatic carbocycles. The summed E-state index contributed by atoms with van der Waals surface area (Å²) in [5.41, 5.74) is 2.95. The molecule has 0 heterocycles. The van der Waals surface area contributed by atoms with Crippen molar-refractivity contribution < 1.29 is 10.2 Å². The van der Waals surface area contributed by atoms with Gasteiger partial charge < -0.3 is 10.2 Å². The van der Waals surface area contributed by atoms with Gasteiger partial charge >= 0.3 is 0 Å². The van der Waals surface area contributed by atoms with Crippen LogP contribution in [0, 0.1) is 0 Å². The molecule has 1 aromatic carbocycles. The van der Waals surface area contributed by atoms with Crippen molar-refractivity contribution in [2.75, 3.05) is 6.54 Å². The first-order valence-corrected chi connectivity index (χ1v) is 9.86. The Bertz CT molecular complexity index is 594. The van der Waals surface area contributed by atoms with Gasteiger partial charge in [0.15, 0.2) is 0 Å². The van der Waals surface area contributed by atoms with Crippen molar-refractivity contribution in [1.82, 2.24) is 4.90 Å². The van der Waals surface area contributed by atoms with Crippen LogP contribution in [0.25, 0.3) is 0 Å². The van der Waals surface area contributed by atoms with E-state index in [0.717, 1.165) is 30.5 Å². The van der Waals surface area contributed by atoms with Crippen LogP contribution in [-0.4, -0.2) is 33.7 Å². The molecule has 0 aromatic heterocycles. The molecule has 1 aromatic rings. The Morgan fingerprint density at radius 1 is 1.15 bits per heavy atom. The van der Waals surface area contributed by atoms with Crippen LogP contribution in [0.4, 0.5) is 0 Å². The van der Waals surface area contributed by atoms with E-state index >= 15 is 0 Å². The van der Waals surface area contributed by atoms with E-state index in [1.54, 1.807) is 12.1 Å². The van der Waals surface area contributed by atoms with E-state index in [2.05, 4.69) is 64.7 Å². The fourth-order valence-electron chi connectivity index (χ4n) is 3.54. The van der Waals surface area contributed by atoms with Crippen LogP contribution in [0.2, 0.25) is 0 Å². The monoisotopic (exact) mass is 359 g/mol. The lowest BCUT2D eigenvalue weighted by molar-refractivity contribution is 0.170. The number of rotatable bonds is 10. The van der Waals surface area contributed by atoms with Gasteiger partial charge in [-0.05, 0) is 77.3 Å². The van der Waals surface area contributed by atoms with Crippen molar-refractivity contribution in [2.45, 2.75) is 79.0 Å². The van der Waals surface area contributed by atoms with Gasteiger partial charge in [-0.3, -0.25) is 4.90 Å². The highest BCUT2D eigenvalue weighted by molar-refractivity contribution is 5.44. The average Bonchev–Trinajstić information content (AvgIpc) is 2.60. The molecule has 0 bridgehead atoms. The number of hydrogen-bond acceptors (Lipinski definition) is 3. The van der Waals surface area contributed by atoms with Crippen LogP contribution < -0.4 is 0 Å². The van der Waals surface area contributed by atoms with E-state index < -0.39 is 0 Å². The Labute approximate surface area is 160 Å². The number of aliphatic hydroxyl groups excluding tert-OH is 1. The molecule has 0 aliphatic heterocycles. The highest BCUT2D eigenvalue weighted by Crippen LogP contribution is 2.36. The first-order chi connectivity index (χ1) is 12.3. The lowest BCUT2D eigenvalue weighted by atomic mass is 9.85. The lowest BCUT2D eigenvalue weighted by Crippen LogP contribution is -2.38. The SMILES string of the molecule is C/C=C(\C=C/CC)C(CCN(C(C)C)C(C)C)c1cc(CO)ccc1O. The minimum atomic E-state index is -0.0138. The normalized spacial score (nSPS) is 14.2. The zero-order valence-electron chi connectivity index (χ0n) is 17.4. The fraction of sp³-hybridized carbons (Fsp3) is 0.565. The van der Waals surface area contributed by atoms with Gasteiger partial charge in [0.1, 0.15) is 5.75 Å². The fourth-order valence-corrected chi connectivity index (χ4v) is 3.54. The summed E-state index contributed by atoms with van der Waals surface area (Å²) in [5.74, 6) is 0.409. The van der Waals surface area contributed by atoms with E-state index in [9.17, 15) is 10.2 Å². The minimum Gasteiger partial charge on any atom is -0.508 e. The topological polar surface area (TPSA) is 43.7 Å². The van der Waals surface area contributed by atoms with Crippen LogP contribution in [0.5, 0.6) is 5.75 Å². The molecule has 146 valence electrons. The Hall–Kier alpha value is -1.58. The van der Waals surface area contributed by atoms with E-state index in [4.69, 9.17) is 0 Å². The lowest BCUT2D eigenvalue weighted by Gasteiger charge is -2.32. The Kier molecular flexibility index (Phi) is 9.68. The third-order valence-corrected chi connectivity index (χ3v) is 4.93. The van der Waals surface area contributed by atoms with Crippen molar-refractivity contribution in [1.29, 1.82) is 0 Å². The molecule has 0 saturated heterocycles. The quantitative estimate of drug-likeness (QED) is 0.551. The number of hydrogen-bond donors (Lipinski definition) is 2. The number of aromatic hydroxyl groups is 1. The van der Waals surface area contributed by atoms with Crippen LogP contribution in [0.1, 0.15) is 71.4 Å². The summed E-state index contributed by atoms with van der Waals surface area (Å²) in [7, 11) is 0. The maximum Gasteiger partial charge on any atom is 0.119 e. The second-order valence-electron chi connectivity index (χ2n) is 7.42. The summed E-state index contributed by atoms with van der Waals surface area (Å²) in [6, 6.07) is 6.38. The van der Waals surface area contributed by atoms with Gasteiger partial charge in [-0.15, -0.1) is 0 Å². The maximum absolute atomic E-state index is 10.5. The van der Waals surface area contributed by atoms with Crippen molar-refractivity contribution in [3.05, 3.63) is 53.1 Å². The molecule has 0 saturated carbocycles. The van der Waals surface area contributed by atoms with Crippen molar-refractivity contribution in [2.24, 2.45) is 0 Å². The van der Waals surface area contributed by atoms with Gasteiger partial charge in [-0.2, -0.15) is 0 Å². The van der Waals surface area contributed by atoms with Crippen molar-refractivity contribution in [3.63, 3.8) is 0 Å². The van der Waals surface area contributed by atoms with Gasteiger partial charge in [0.05, 0.1) is 6.61 Å². The highest BCUT2D eigenvalue weighted by atomic mass is 16.3. The van der Waals surface area contributed by atoms with E-state index in [1.165, 1.54) is 5.57 Å². The van der Waals surface area contributed by atoms with Crippen LogP contribution >= 0.6 is 0 Å². The van der Waals surface area contributed by atoms with Crippen LogP contribution in [0.15, 0.2) is 42.0 Å². The molecule has 0 radical (unpaired) electrons. The molecule has 1 rings (SSSR count). The van der Waals surface area contributed by atoms with Crippen molar-refractivity contribution in [3.8, 4) is 5.75 Å². The van der Waals surface area contributed by atoms with Gasteiger partial charge in [0, 0.05) is 23.6 Å². The zero-order chi connectivity index (χ0) is 19.7. The second kappa shape index (κ2) is 11.2. The summed E-state index contributed by atoms with van der Waals surface area (Å²) in [6.07, 6.45) is 8.38. The van der Waals surface area contributed by atoms with Crippen LogP contribution in [-0.2, 0) is 6.61 Å². The largest absolute Gasteiger partial charge is 0.508 e. The summed E-state index contributed by atoms with van der Waals surface area (Å²) in [5, 5.41) is 20.0. The molecule has 0 fully saturated rings. The van der Waals surface area contributed by atoms with E-state index in [0.29, 0.717) is 17.8 Å². The van der Waals surface area contributed by atoms with Crippen molar-refractivity contribution >= 4 is 0 Å². The first-order valence-electron chi connectivity index (χ1n) is 9.86. The Balaban J connectivity index is 3.24. The number of allylic oxidation sites excluding steroid dienone is 4. The number of aliphatic hydroxyl groups is 1. The molecular formula is C23H37NO2. The summed E-state index contributed by atoms with van der Waals surface area (Å²) in [6.45, 7) is 14.0. The Morgan fingerprint density at radius 2 is 1.81 bits per heavy atom. The molecule has 0 aliphatic rings. The molecule has 26 heavy (non-hydrogen) atoms. The standard InChI is InChI=1S/C23H37NO2/c1-7-9-10-20(8-2)21(13-14-24(17(3)4)18(5)6)22-15-19(16-25)11-12-23(22)26/h8-12,15,17-18,21,25-26H,7,13-14,16H2,1-6H3/b10-9-,20-8+. The van der Waals surface area contributed by atoms with Gasteiger partial charge in [0.25, 0.3) is 0 Å². The predicted molar refractivity (Wildman–Crippen MR) is 112 cm³/mol. The van der Waals surface area contributed by atoms with Gasteiger partial charge in [-0.1, -0.05) is 31.2 Å². The molecule has 1 atom stereocenters. The minimum absolute atomic E-state index is 0.0138. The average molecular weight is 360 g/mol. The van der Waals surface area contributed by atoms with E-state index in [1.807, 2.05) is 6.07 Å². The predicted octanol–water partition coefficient (Wildman–Crippen LogP) is 5.39. The van der Waals surface area contributed by atoms with E-state index in [-0.39, 0.29) is 12.5 Å². The number of benzene rings is 1. The second-order valence-corrected chi connectivity index (χ2v) is 7.42. The number of phenols is 1. The Morgan fingerprint density at radius 3 is 2.31 bits per heavy atom. The molecular weight excluding hydrogens is 322 g/mol. The van der Waals surface area contributed by atoms with Gasteiger partial charge in [-0.25, -0.2) is 0 Å². The third kappa shape index (κ3) is 6.30. The summed E-state index contributed by atoms with van der Waals surface area (Å²) in [4.78, 5) is 2.48. The molecule has 2 N–H and O–H groups in total. The molecule has 3 nitrogen and oxygen atoms in total. The number of phenolic OH excluding ortho intramolecular Hbond substituents is 1. The van der Waals surface area contributed by atoms with Crippen LogP contribution in [0.3, 0.4) is 0 Å². The molecule has 0 amide bonds. The molecule has 3 heteroatoms. The maximum atomic E-state index is 10.5. The first kappa shape index (κ1) is 22.5. The highest BCUT2D eigenvalue weighted by Gasteiger charge is 2.22. The summed E-state index contributed by atoms with van der Waals surface area (Å²) >= 11 is 0. The number of nitrogens with zero attached hydrogens (tertiary/aromatic N) is 1. The van der Waals surface area contributed by atoms with Gasteiger partial charge in [0.2, 0.25) is 0 Å². The molecule has 1 unspecified atom stereocenters.